The third-order valence-corrected chi connectivity index (χ3v) is 3.98. The van der Waals surface area contributed by atoms with Crippen LogP contribution in [0.3, 0.4) is 0 Å². The topological polar surface area (TPSA) is 54.4 Å². The molecule has 1 atom stereocenters. The predicted octanol–water partition coefficient (Wildman–Crippen LogP) is 3.48. The normalized spacial score (nSPS) is 12.1. The number of hydrogen-bond donors (Lipinski definition) is 1. The fraction of sp³-hybridized carbons (Fsp3) is 0.200. The lowest BCUT2D eigenvalue weighted by atomic mass is 9.94. The van der Waals surface area contributed by atoms with Gasteiger partial charge in [-0.15, -0.1) is 11.3 Å². The maximum Gasteiger partial charge on any atom is 0.310 e. The minimum absolute atomic E-state index is 0.0207. The second-order valence-electron chi connectivity index (χ2n) is 4.44. The van der Waals surface area contributed by atoms with Gasteiger partial charge in [0.25, 0.3) is 0 Å². The van der Waals surface area contributed by atoms with E-state index in [1.807, 2.05) is 18.4 Å². The van der Waals surface area contributed by atoms with E-state index in [1.54, 1.807) is 31.2 Å². The molecule has 0 aliphatic carbocycles. The Kier molecular flexibility index (Phi) is 3.81. The van der Waals surface area contributed by atoms with Crippen molar-refractivity contribution in [3.05, 3.63) is 57.3 Å². The first-order valence-corrected chi connectivity index (χ1v) is 6.80. The maximum absolute atomic E-state index is 12.2. The molecule has 19 heavy (non-hydrogen) atoms. The zero-order chi connectivity index (χ0) is 14.0. The lowest BCUT2D eigenvalue weighted by Crippen LogP contribution is -2.10. The van der Waals surface area contributed by atoms with Gasteiger partial charge in [0, 0.05) is 5.56 Å². The molecule has 1 aromatic heterocycles. The molecule has 0 saturated heterocycles. The van der Waals surface area contributed by atoms with E-state index in [2.05, 4.69) is 0 Å². The number of ketones is 1. The second-order valence-corrected chi connectivity index (χ2v) is 5.39. The summed E-state index contributed by atoms with van der Waals surface area (Å²) in [5.74, 6) is -1.45. The molecule has 1 aromatic carbocycles. The van der Waals surface area contributed by atoms with Crippen molar-refractivity contribution in [2.24, 2.45) is 0 Å². The molecule has 0 spiro atoms. The van der Waals surface area contributed by atoms with Crippen molar-refractivity contribution in [3.8, 4) is 0 Å². The Labute approximate surface area is 115 Å². The summed E-state index contributed by atoms with van der Waals surface area (Å²) in [6.07, 6.45) is 0. The van der Waals surface area contributed by atoms with E-state index < -0.39 is 11.9 Å². The largest absolute Gasteiger partial charge is 0.481 e. The van der Waals surface area contributed by atoms with Crippen LogP contribution in [0.1, 0.15) is 39.2 Å². The third kappa shape index (κ3) is 2.74. The Morgan fingerprint density at radius 1 is 1.26 bits per heavy atom. The van der Waals surface area contributed by atoms with Gasteiger partial charge in [-0.2, -0.15) is 0 Å². The number of aliphatic carboxylic acids is 1. The number of carbonyl (C=O) groups excluding carboxylic acids is 1. The second kappa shape index (κ2) is 5.36. The number of carbonyl (C=O) groups is 2. The summed E-state index contributed by atoms with van der Waals surface area (Å²) >= 11 is 1.40. The van der Waals surface area contributed by atoms with Crippen LogP contribution in [-0.2, 0) is 4.79 Å². The van der Waals surface area contributed by atoms with Gasteiger partial charge in [0.2, 0.25) is 5.78 Å². The Hall–Kier alpha value is -1.94. The van der Waals surface area contributed by atoms with Crippen LogP contribution in [0.15, 0.2) is 35.7 Å². The molecule has 4 heteroatoms. The number of hydrogen-bond acceptors (Lipinski definition) is 3. The monoisotopic (exact) mass is 274 g/mol. The number of thiophene rings is 1. The van der Waals surface area contributed by atoms with Crippen molar-refractivity contribution in [2.45, 2.75) is 19.8 Å². The van der Waals surface area contributed by atoms with Gasteiger partial charge < -0.3 is 5.11 Å². The van der Waals surface area contributed by atoms with Gasteiger partial charge in [-0.1, -0.05) is 18.2 Å². The van der Waals surface area contributed by atoms with Crippen molar-refractivity contribution >= 4 is 23.1 Å². The van der Waals surface area contributed by atoms with Gasteiger partial charge in [0.15, 0.2) is 0 Å². The van der Waals surface area contributed by atoms with Crippen molar-refractivity contribution in [1.29, 1.82) is 0 Å². The molecule has 0 fully saturated rings. The zero-order valence-electron chi connectivity index (χ0n) is 10.7. The standard InChI is InChI=1S/C15H14O3S/c1-9-8-11(14(16)13-4-3-7-19-13)5-6-12(9)10(2)15(17)18/h3-8,10H,1-2H3,(H,17,18). The lowest BCUT2D eigenvalue weighted by Gasteiger charge is -2.11. The van der Waals surface area contributed by atoms with Gasteiger partial charge in [-0.05, 0) is 42.5 Å². The first-order chi connectivity index (χ1) is 9.00. The smallest absolute Gasteiger partial charge is 0.310 e. The molecule has 1 heterocycles. The van der Waals surface area contributed by atoms with Gasteiger partial charge in [-0.3, -0.25) is 9.59 Å². The third-order valence-electron chi connectivity index (χ3n) is 3.11. The summed E-state index contributed by atoms with van der Waals surface area (Å²) in [6.45, 7) is 3.48. The van der Waals surface area contributed by atoms with Crippen molar-refractivity contribution in [2.75, 3.05) is 0 Å². The summed E-state index contributed by atoms with van der Waals surface area (Å²) in [4.78, 5) is 23.9. The van der Waals surface area contributed by atoms with Crippen LogP contribution in [0.25, 0.3) is 0 Å². The van der Waals surface area contributed by atoms with E-state index in [9.17, 15) is 9.59 Å². The lowest BCUT2D eigenvalue weighted by molar-refractivity contribution is -0.138. The van der Waals surface area contributed by atoms with E-state index in [0.717, 1.165) is 11.1 Å². The van der Waals surface area contributed by atoms with Crippen LogP contribution in [0.4, 0.5) is 0 Å². The highest BCUT2D eigenvalue weighted by Crippen LogP contribution is 2.23. The molecule has 0 bridgehead atoms. The minimum Gasteiger partial charge on any atom is -0.481 e. The average Bonchev–Trinajstić information content (AvgIpc) is 2.90. The van der Waals surface area contributed by atoms with Crippen LogP contribution in [0, 0.1) is 6.92 Å². The first-order valence-electron chi connectivity index (χ1n) is 5.92. The number of carboxylic acids is 1. The number of aryl methyl sites for hydroxylation is 1. The fourth-order valence-electron chi connectivity index (χ4n) is 1.99. The van der Waals surface area contributed by atoms with Crippen LogP contribution < -0.4 is 0 Å². The first kappa shape index (κ1) is 13.5. The quantitative estimate of drug-likeness (QED) is 0.868. The van der Waals surface area contributed by atoms with E-state index in [1.165, 1.54) is 11.3 Å². The van der Waals surface area contributed by atoms with E-state index in [0.29, 0.717) is 10.4 Å². The molecule has 0 amide bonds. The average molecular weight is 274 g/mol. The van der Waals surface area contributed by atoms with Gasteiger partial charge in [0.1, 0.15) is 0 Å². The molecular weight excluding hydrogens is 260 g/mol. The van der Waals surface area contributed by atoms with Gasteiger partial charge >= 0.3 is 5.97 Å². The van der Waals surface area contributed by atoms with Crippen LogP contribution in [0.5, 0.6) is 0 Å². The number of carboxylic acid groups (broad SMARTS) is 1. The molecule has 0 saturated carbocycles. The van der Waals surface area contributed by atoms with Crippen molar-refractivity contribution < 1.29 is 14.7 Å². The Morgan fingerprint density at radius 3 is 2.53 bits per heavy atom. The van der Waals surface area contributed by atoms with E-state index >= 15 is 0 Å². The highest BCUT2D eigenvalue weighted by atomic mass is 32.1. The number of rotatable bonds is 4. The van der Waals surface area contributed by atoms with Gasteiger partial charge in [-0.25, -0.2) is 0 Å². The summed E-state index contributed by atoms with van der Waals surface area (Å²) < 4.78 is 0. The molecular formula is C15H14O3S. The maximum atomic E-state index is 12.2. The molecule has 0 aliphatic heterocycles. The summed E-state index contributed by atoms with van der Waals surface area (Å²) in [5.41, 5.74) is 2.17. The zero-order valence-corrected chi connectivity index (χ0v) is 11.5. The van der Waals surface area contributed by atoms with Crippen LogP contribution in [-0.4, -0.2) is 16.9 Å². The Balaban J connectivity index is 2.34. The molecule has 1 N–H and O–H groups in total. The minimum atomic E-state index is -0.861. The van der Waals surface area contributed by atoms with Gasteiger partial charge in [0.05, 0.1) is 10.8 Å². The SMILES string of the molecule is Cc1cc(C(=O)c2cccs2)ccc1C(C)C(=O)O. The molecule has 98 valence electrons. The summed E-state index contributed by atoms with van der Waals surface area (Å²) in [6, 6.07) is 8.82. The molecule has 1 unspecified atom stereocenters. The van der Waals surface area contributed by atoms with Crippen LogP contribution >= 0.6 is 11.3 Å². The van der Waals surface area contributed by atoms with Crippen molar-refractivity contribution in [3.63, 3.8) is 0 Å². The number of benzene rings is 1. The fourth-order valence-corrected chi connectivity index (χ4v) is 2.67. The summed E-state index contributed by atoms with van der Waals surface area (Å²) in [5, 5.41) is 10.9. The summed E-state index contributed by atoms with van der Waals surface area (Å²) in [7, 11) is 0. The van der Waals surface area contributed by atoms with Crippen molar-refractivity contribution in [1.82, 2.24) is 0 Å². The highest BCUT2D eigenvalue weighted by molar-refractivity contribution is 7.12. The molecule has 0 radical (unpaired) electrons. The molecule has 0 aliphatic rings. The van der Waals surface area contributed by atoms with E-state index in [4.69, 9.17) is 5.11 Å². The molecule has 2 aromatic rings. The Bertz CT molecular complexity index is 614. The highest BCUT2D eigenvalue weighted by Gasteiger charge is 2.17. The Morgan fingerprint density at radius 2 is 2.00 bits per heavy atom. The molecule has 2 rings (SSSR count). The predicted molar refractivity (Wildman–Crippen MR) is 75.0 cm³/mol. The molecule has 3 nitrogen and oxygen atoms in total. The van der Waals surface area contributed by atoms with E-state index in [-0.39, 0.29) is 5.78 Å². The van der Waals surface area contributed by atoms with Crippen LogP contribution in [0.2, 0.25) is 0 Å².